The maximum Gasteiger partial charge on any atom is 0.230 e. The number of para-hydroxylation sites is 1. The van der Waals surface area contributed by atoms with Crippen LogP contribution in [0.4, 0.5) is 0 Å². The Morgan fingerprint density at radius 1 is 1.07 bits per heavy atom. The van der Waals surface area contributed by atoms with Gasteiger partial charge in [0, 0.05) is 6.54 Å². The molecule has 7 heteroatoms. The van der Waals surface area contributed by atoms with E-state index < -0.39 is 0 Å². The number of thioether (sulfide) groups is 1. The van der Waals surface area contributed by atoms with Crippen LogP contribution in [-0.4, -0.2) is 31.4 Å². The first kappa shape index (κ1) is 18.2. The van der Waals surface area contributed by atoms with Crippen LogP contribution in [0.2, 0.25) is 0 Å². The standard InChI is InChI=1S/C21H19N5OS/c1-15-7-5-6-8-16(15)11-22-19(27)13-28-21-18-12-25-26(20(18)23-14-24-21)17-9-3-2-4-10-17/h2-10,12,14H,11,13H2,1H3,(H,22,27). The summed E-state index contributed by atoms with van der Waals surface area (Å²) in [4.78, 5) is 21.0. The summed E-state index contributed by atoms with van der Waals surface area (Å²) in [5, 5.41) is 8.99. The molecule has 0 saturated heterocycles. The van der Waals surface area contributed by atoms with Crippen molar-refractivity contribution in [2.24, 2.45) is 0 Å². The highest BCUT2D eigenvalue weighted by Gasteiger charge is 2.13. The van der Waals surface area contributed by atoms with E-state index in [-0.39, 0.29) is 11.7 Å². The molecule has 0 aliphatic heterocycles. The van der Waals surface area contributed by atoms with Crippen LogP contribution in [0.1, 0.15) is 11.1 Å². The monoisotopic (exact) mass is 389 g/mol. The fourth-order valence-electron chi connectivity index (χ4n) is 2.88. The maximum absolute atomic E-state index is 12.3. The summed E-state index contributed by atoms with van der Waals surface area (Å²) in [5.41, 5.74) is 3.95. The molecule has 0 radical (unpaired) electrons. The molecular formula is C21H19N5OS. The second-order valence-electron chi connectivity index (χ2n) is 6.30. The van der Waals surface area contributed by atoms with Crippen LogP contribution in [0.3, 0.4) is 0 Å². The van der Waals surface area contributed by atoms with Crippen LogP contribution < -0.4 is 5.32 Å². The third-order valence-electron chi connectivity index (χ3n) is 4.41. The summed E-state index contributed by atoms with van der Waals surface area (Å²) in [6.45, 7) is 2.56. The quantitative estimate of drug-likeness (QED) is 0.403. The number of carbonyl (C=O) groups excluding carboxylic acids is 1. The molecule has 0 atom stereocenters. The SMILES string of the molecule is Cc1ccccc1CNC(=O)CSc1ncnc2c1cnn2-c1ccccc1. The highest BCUT2D eigenvalue weighted by molar-refractivity contribution is 8.00. The Kier molecular flexibility index (Phi) is 5.34. The van der Waals surface area contributed by atoms with Crippen LogP contribution in [0.5, 0.6) is 0 Å². The lowest BCUT2D eigenvalue weighted by atomic mass is 10.1. The van der Waals surface area contributed by atoms with E-state index in [9.17, 15) is 4.79 Å². The molecule has 0 bridgehead atoms. The van der Waals surface area contributed by atoms with Crippen molar-refractivity contribution in [3.63, 3.8) is 0 Å². The molecule has 6 nitrogen and oxygen atoms in total. The molecule has 4 aromatic rings. The number of fused-ring (bicyclic) bond motifs is 1. The molecule has 140 valence electrons. The van der Waals surface area contributed by atoms with Gasteiger partial charge in [-0.2, -0.15) is 5.10 Å². The molecule has 2 heterocycles. The zero-order valence-corrected chi connectivity index (χ0v) is 16.2. The summed E-state index contributed by atoms with van der Waals surface area (Å²) in [6, 6.07) is 17.9. The number of nitrogens with one attached hydrogen (secondary N) is 1. The van der Waals surface area contributed by atoms with Gasteiger partial charge >= 0.3 is 0 Å². The van der Waals surface area contributed by atoms with E-state index in [4.69, 9.17) is 0 Å². The Morgan fingerprint density at radius 3 is 2.68 bits per heavy atom. The van der Waals surface area contributed by atoms with Gasteiger partial charge in [0.25, 0.3) is 0 Å². The number of amides is 1. The zero-order valence-electron chi connectivity index (χ0n) is 15.4. The number of hydrogen-bond acceptors (Lipinski definition) is 5. The van der Waals surface area contributed by atoms with Crippen LogP contribution in [0.25, 0.3) is 16.7 Å². The molecule has 28 heavy (non-hydrogen) atoms. The van der Waals surface area contributed by atoms with Gasteiger partial charge < -0.3 is 5.32 Å². The molecule has 0 aliphatic rings. The first-order valence-corrected chi connectivity index (χ1v) is 9.89. The third-order valence-corrected chi connectivity index (χ3v) is 5.41. The minimum Gasteiger partial charge on any atom is -0.351 e. The lowest BCUT2D eigenvalue weighted by molar-refractivity contribution is -0.118. The Bertz CT molecular complexity index is 1110. The highest BCUT2D eigenvalue weighted by atomic mass is 32.2. The Morgan fingerprint density at radius 2 is 1.86 bits per heavy atom. The van der Waals surface area contributed by atoms with Gasteiger partial charge in [0.2, 0.25) is 5.91 Å². The van der Waals surface area contributed by atoms with E-state index >= 15 is 0 Å². The van der Waals surface area contributed by atoms with Crippen molar-refractivity contribution in [2.45, 2.75) is 18.5 Å². The Hall–Kier alpha value is -3.19. The lowest BCUT2D eigenvalue weighted by Gasteiger charge is -2.08. The topological polar surface area (TPSA) is 72.7 Å². The summed E-state index contributed by atoms with van der Waals surface area (Å²) in [7, 11) is 0. The minimum atomic E-state index is -0.0320. The molecule has 0 spiro atoms. The van der Waals surface area contributed by atoms with E-state index in [0.717, 1.165) is 27.3 Å². The predicted octanol–water partition coefficient (Wildman–Crippen LogP) is 3.53. The van der Waals surface area contributed by atoms with Crippen molar-refractivity contribution in [3.8, 4) is 5.69 Å². The minimum absolute atomic E-state index is 0.0320. The summed E-state index contributed by atoms with van der Waals surface area (Å²) in [6.07, 6.45) is 3.26. The van der Waals surface area contributed by atoms with Gasteiger partial charge in [-0.05, 0) is 30.2 Å². The fraction of sp³-hybridized carbons (Fsp3) is 0.143. The average molecular weight is 389 g/mol. The van der Waals surface area contributed by atoms with Gasteiger partial charge in [-0.25, -0.2) is 14.6 Å². The van der Waals surface area contributed by atoms with Crippen molar-refractivity contribution < 1.29 is 4.79 Å². The first-order chi connectivity index (χ1) is 13.7. The number of hydrogen-bond donors (Lipinski definition) is 1. The van der Waals surface area contributed by atoms with E-state index in [1.807, 2.05) is 61.5 Å². The van der Waals surface area contributed by atoms with Crippen LogP contribution in [-0.2, 0) is 11.3 Å². The second-order valence-corrected chi connectivity index (χ2v) is 7.26. The molecule has 4 rings (SSSR count). The molecule has 2 aromatic heterocycles. The summed E-state index contributed by atoms with van der Waals surface area (Å²) in [5.74, 6) is 0.254. The van der Waals surface area contributed by atoms with Crippen molar-refractivity contribution >= 4 is 28.7 Å². The van der Waals surface area contributed by atoms with E-state index in [1.54, 1.807) is 10.9 Å². The van der Waals surface area contributed by atoms with E-state index in [2.05, 4.69) is 20.4 Å². The van der Waals surface area contributed by atoms with Gasteiger partial charge in [-0.15, -0.1) is 0 Å². The number of aromatic nitrogens is 4. The summed E-state index contributed by atoms with van der Waals surface area (Å²) >= 11 is 1.39. The Balaban J connectivity index is 1.44. The van der Waals surface area contributed by atoms with Crippen molar-refractivity contribution in [1.29, 1.82) is 0 Å². The van der Waals surface area contributed by atoms with E-state index in [1.165, 1.54) is 23.7 Å². The molecule has 0 fully saturated rings. The van der Waals surface area contributed by atoms with Crippen molar-refractivity contribution in [1.82, 2.24) is 25.1 Å². The smallest absolute Gasteiger partial charge is 0.230 e. The van der Waals surface area contributed by atoms with Gasteiger partial charge in [0.1, 0.15) is 11.4 Å². The van der Waals surface area contributed by atoms with Crippen LogP contribution >= 0.6 is 11.8 Å². The van der Waals surface area contributed by atoms with Crippen LogP contribution in [0, 0.1) is 6.92 Å². The molecule has 0 aliphatic carbocycles. The molecule has 1 amide bonds. The second kappa shape index (κ2) is 8.22. The number of carbonyl (C=O) groups is 1. The third kappa shape index (κ3) is 3.89. The number of aryl methyl sites for hydroxylation is 1. The zero-order chi connectivity index (χ0) is 19.3. The van der Waals surface area contributed by atoms with E-state index in [0.29, 0.717) is 6.54 Å². The largest absolute Gasteiger partial charge is 0.351 e. The lowest BCUT2D eigenvalue weighted by Crippen LogP contribution is -2.24. The average Bonchev–Trinajstić information content (AvgIpc) is 3.17. The number of rotatable bonds is 6. The molecule has 1 N–H and O–H groups in total. The van der Waals surface area contributed by atoms with Gasteiger partial charge in [0.15, 0.2) is 5.65 Å². The molecule has 2 aromatic carbocycles. The molecule has 0 unspecified atom stereocenters. The highest BCUT2D eigenvalue weighted by Crippen LogP contribution is 2.25. The summed E-state index contributed by atoms with van der Waals surface area (Å²) < 4.78 is 1.78. The normalized spacial score (nSPS) is 10.9. The van der Waals surface area contributed by atoms with Gasteiger partial charge in [-0.3, -0.25) is 4.79 Å². The van der Waals surface area contributed by atoms with Gasteiger partial charge in [0.05, 0.1) is 23.0 Å². The van der Waals surface area contributed by atoms with Crippen LogP contribution in [0.15, 0.2) is 72.1 Å². The number of benzene rings is 2. The molecule has 0 saturated carbocycles. The predicted molar refractivity (Wildman–Crippen MR) is 110 cm³/mol. The first-order valence-electron chi connectivity index (χ1n) is 8.90. The van der Waals surface area contributed by atoms with Gasteiger partial charge in [-0.1, -0.05) is 54.2 Å². The van der Waals surface area contributed by atoms with Crippen molar-refractivity contribution in [2.75, 3.05) is 5.75 Å². The number of nitrogens with zero attached hydrogens (tertiary/aromatic N) is 4. The maximum atomic E-state index is 12.3. The molecular weight excluding hydrogens is 370 g/mol. The Labute approximate surface area is 167 Å². The van der Waals surface area contributed by atoms with Crippen molar-refractivity contribution in [3.05, 3.63) is 78.2 Å². The fourth-order valence-corrected chi connectivity index (χ4v) is 3.67.